The highest BCUT2D eigenvalue weighted by atomic mass is 16.7. The summed E-state index contributed by atoms with van der Waals surface area (Å²) in [6, 6.07) is 5.06. The minimum atomic E-state index is -0.906. The molecule has 18 heavy (non-hydrogen) atoms. The maximum absolute atomic E-state index is 11.1. The first kappa shape index (κ1) is 13.5. The van der Waals surface area contributed by atoms with Crippen LogP contribution < -0.4 is 4.74 Å². The molecule has 7 heteroatoms. The minimum Gasteiger partial charge on any atom is -0.498 e. The fourth-order valence-electron chi connectivity index (χ4n) is 1.02. The molecule has 0 spiro atoms. The lowest BCUT2D eigenvalue weighted by atomic mass is 10.3. The molecule has 0 aliphatic carbocycles. The van der Waals surface area contributed by atoms with Gasteiger partial charge in [-0.15, -0.1) is 0 Å². The number of non-ortho nitro benzene ring substituents is 1. The molecule has 0 aliphatic heterocycles. The van der Waals surface area contributed by atoms with Crippen molar-refractivity contribution in [1.82, 2.24) is 0 Å². The van der Waals surface area contributed by atoms with Crippen LogP contribution in [-0.4, -0.2) is 24.3 Å². The third-order valence-corrected chi connectivity index (χ3v) is 1.79. The van der Waals surface area contributed by atoms with Gasteiger partial charge in [0.05, 0.1) is 11.2 Å². The van der Waals surface area contributed by atoms with E-state index in [9.17, 15) is 14.9 Å². The van der Waals surface area contributed by atoms with E-state index in [0.29, 0.717) is 0 Å². The monoisotopic (exact) mass is 253 g/mol. The van der Waals surface area contributed by atoms with E-state index in [0.717, 1.165) is 0 Å². The van der Waals surface area contributed by atoms with Gasteiger partial charge in [-0.25, -0.2) is 4.79 Å². The second kappa shape index (κ2) is 6.89. The lowest BCUT2D eigenvalue weighted by molar-refractivity contribution is -0.384. The molecule has 0 bridgehead atoms. The zero-order chi connectivity index (χ0) is 13.4. The molecule has 0 N–H and O–H groups in total. The van der Waals surface area contributed by atoms with Crippen molar-refractivity contribution in [3.05, 3.63) is 47.2 Å². The maximum atomic E-state index is 11.1. The van der Waals surface area contributed by atoms with E-state index >= 15 is 0 Å². The van der Waals surface area contributed by atoms with Crippen LogP contribution in [0.4, 0.5) is 10.5 Å². The van der Waals surface area contributed by atoms with Gasteiger partial charge in [0.2, 0.25) is 0 Å². The summed E-state index contributed by atoms with van der Waals surface area (Å²) in [6.45, 7) is 3.52. The van der Waals surface area contributed by atoms with E-state index in [4.69, 9.17) is 9.47 Å². The Balaban J connectivity index is 2.39. The number of nitro groups is 1. The molecule has 96 valence electrons. The molecular formula is C11H11NO6. The summed E-state index contributed by atoms with van der Waals surface area (Å²) in [6.07, 6.45) is 0.321. The van der Waals surface area contributed by atoms with Gasteiger partial charge in [-0.05, 0) is 12.1 Å². The number of benzene rings is 1. The molecule has 0 aliphatic rings. The Morgan fingerprint density at radius 1 is 1.33 bits per heavy atom. The zero-order valence-electron chi connectivity index (χ0n) is 9.40. The molecule has 1 aromatic carbocycles. The number of hydrogen-bond donors (Lipinski definition) is 0. The van der Waals surface area contributed by atoms with Gasteiger partial charge < -0.3 is 14.2 Å². The highest BCUT2D eigenvalue weighted by Gasteiger charge is 2.08. The standard InChI is InChI=1S/C11H11NO6/c1-2-16-7-8-17-11(13)18-10-5-3-9(4-6-10)12(14)15/h2-6H,1,7-8H2. The smallest absolute Gasteiger partial charge is 0.498 e. The van der Waals surface area contributed by atoms with Crippen LogP contribution in [0.5, 0.6) is 5.75 Å². The summed E-state index contributed by atoms with van der Waals surface area (Å²) in [7, 11) is 0. The van der Waals surface area contributed by atoms with Crippen LogP contribution in [0.1, 0.15) is 0 Å². The van der Waals surface area contributed by atoms with Crippen LogP contribution in [0.15, 0.2) is 37.1 Å². The Hall–Kier alpha value is -2.57. The van der Waals surface area contributed by atoms with Crippen LogP contribution >= 0.6 is 0 Å². The molecule has 0 saturated carbocycles. The Labute approximate surface area is 103 Å². The second-order valence-electron chi connectivity index (χ2n) is 2.99. The van der Waals surface area contributed by atoms with Gasteiger partial charge in [-0.2, -0.15) is 0 Å². The third-order valence-electron chi connectivity index (χ3n) is 1.79. The Morgan fingerprint density at radius 3 is 2.56 bits per heavy atom. The van der Waals surface area contributed by atoms with E-state index in [1.807, 2.05) is 0 Å². The molecular weight excluding hydrogens is 242 g/mol. The maximum Gasteiger partial charge on any atom is 0.513 e. The van der Waals surface area contributed by atoms with Crippen LogP contribution in [0.25, 0.3) is 0 Å². The van der Waals surface area contributed by atoms with Crippen LogP contribution in [0.2, 0.25) is 0 Å². The average Bonchev–Trinajstić information content (AvgIpc) is 2.35. The molecule has 0 fully saturated rings. The van der Waals surface area contributed by atoms with Gasteiger partial charge in [-0.3, -0.25) is 10.1 Å². The summed E-state index contributed by atoms with van der Waals surface area (Å²) in [5.74, 6) is 0.162. The fraction of sp³-hybridized carbons (Fsp3) is 0.182. The van der Waals surface area contributed by atoms with Crippen LogP contribution in [-0.2, 0) is 9.47 Å². The molecule has 0 unspecified atom stereocenters. The quantitative estimate of drug-likeness (QED) is 0.193. The summed E-state index contributed by atoms with van der Waals surface area (Å²) < 4.78 is 14.2. The topological polar surface area (TPSA) is 87.9 Å². The summed E-state index contributed by atoms with van der Waals surface area (Å²) >= 11 is 0. The Morgan fingerprint density at radius 2 is 2.00 bits per heavy atom. The van der Waals surface area contributed by atoms with E-state index in [2.05, 4.69) is 11.3 Å². The van der Waals surface area contributed by atoms with Crippen molar-refractivity contribution in [3.8, 4) is 5.75 Å². The first-order valence-electron chi connectivity index (χ1n) is 4.95. The molecule has 0 heterocycles. The van der Waals surface area contributed by atoms with Crippen molar-refractivity contribution in [2.45, 2.75) is 0 Å². The Kier molecular flexibility index (Phi) is 5.17. The molecule has 0 aromatic heterocycles. The van der Waals surface area contributed by atoms with Crippen molar-refractivity contribution in [1.29, 1.82) is 0 Å². The van der Waals surface area contributed by atoms with E-state index in [1.165, 1.54) is 30.5 Å². The van der Waals surface area contributed by atoms with Gasteiger partial charge >= 0.3 is 6.16 Å². The number of carbonyl (C=O) groups is 1. The highest BCUT2D eigenvalue weighted by molar-refractivity contribution is 5.63. The molecule has 7 nitrogen and oxygen atoms in total. The summed E-state index contributed by atoms with van der Waals surface area (Å²) in [5, 5.41) is 10.4. The first-order valence-corrected chi connectivity index (χ1v) is 4.95. The van der Waals surface area contributed by atoms with Gasteiger partial charge in [0.25, 0.3) is 5.69 Å². The number of nitrogens with zero attached hydrogens (tertiary/aromatic N) is 1. The lowest BCUT2D eigenvalue weighted by Crippen LogP contribution is -2.13. The van der Waals surface area contributed by atoms with E-state index in [1.54, 1.807) is 0 Å². The lowest BCUT2D eigenvalue weighted by Gasteiger charge is -2.05. The largest absolute Gasteiger partial charge is 0.513 e. The first-order chi connectivity index (χ1) is 8.63. The number of ether oxygens (including phenoxy) is 3. The third kappa shape index (κ3) is 4.52. The van der Waals surface area contributed by atoms with Crippen molar-refractivity contribution in [3.63, 3.8) is 0 Å². The van der Waals surface area contributed by atoms with E-state index < -0.39 is 11.1 Å². The van der Waals surface area contributed by atoms with Gasteiger partial charge in [0.1, 0.15) is 19.0 Å². The number of hydrogen-bond acceptors (Lipinski definition) is 6. The zero-order valence-corrected chi connectivity index (χ0v) is 9.40. The van der Waals surface area contributed by atoms with E-state index in [-0.39, 0.29) is 24.7 Å². The molecule has 0 saturated heterocycles. The van der Waals surface area contributed by atoms with Crippen molar-refractivity contribution >= 4 is 11.8 Å². The summed E-state index contributed by atoms with van der Waals surface area (Å²) in [5.41, 5.74) is -0.0879. The molecule has 0 amide bonds. The number of rotatable bonds is 6. The van der Waals surface area contributed by atoms with Crippen LogP contribution in [0, 0.1) is 10.1 Å². The molecule has 0 radical (unpaired) electrons. The predicted octanol–water partition coefficient (Wildman–Crippen LogP) is 2.27. The van der Waals surface area contributed by atoms with Crippen molar-refractivity contribution in [2.75, 3.05) is 13.2 Å². The second-order valence-corrected chi connectivity index (χ2v) is 2.99. The van der Waals surface area contributed by atoms with Gasteiger partial charge in [0.15, 0.2) is 0 Å². The van der Waals surface area contributed by atoms with Gasteiger partial charge in [-0.1, -0.05) is 6.58 Å². The Bertz CT molecular complexity index is 428. The normalized spacial score (nSPS) is 9.33. The molecule has 0 atom stereocenters. The van der Waals surface area contributed by atoms with Crippen molar-refractivity contribution in [2.24, 2.45) is 0 Å². The van der Waals surface area contributed by atoms with Crippen LogP contribution in [0.3, 0.4) is 0 Å². The highest BCUT2D eigenvalue weighted by Crippen LogP contribution is 2.17. The molecule has 1 rings (SSSR count). The predicted molar refractivity (Wildman–Crippen MR) is 61.2 cm³/mol. The average molecular weight is 253 g/mol. The summed E-state index contributed by atoms with van der Waals surface area (Å²) in [4.78, 5) is 21.0. The fourth-order valence-corrected chi connectivity index (χ4v) is 1.02. The number of nitro benzene ring substituents is 1. The SMILES string of the molecule is C=COCCOC(=O)Oc1ccc([N+](=O)[O-])cc1. The van der Waals surface area contributed by atoms with Crippen molar-refractivity contribution < 1.29 is 23.9 Å². The number of carbonyl (C=O) groups excluding carboxylic acids is 1. The minimum absolute atomic E-state index is 0.0256. The van der Waals surface area contributed by atoms with Gasteiger partial charge in [0, 0.05) is 12.1 Å². The molecule has 1 aromatic rings.